The number of ether oxygens (including phenoxy) is 1. The number of aliphatic imine (C=N–C) groups is 1. The fourth-order valence-electron chi connectivity index (χ4n) is 4.22. The zero-order chi connectivity index (χ0) is 22.7. The van der Waals surface area contributed by atoms with E-state index in [1.54, 1.807) is 0 Å². The van der Waals surface area contributed by atoms with Crippen molar-refractivity contribution >= 4 is 33.9 Å². The highest BCUT2D eigenvalue weighted by Crippen LogP contribution is 2.28. The van der Waals surface area contributed by atoms with E-state index >= 15 is 0 Å². The van der Waals surface area contributed by atoms with Gasteiger partial charge in [0.1, 0.15) is 12.6 Å². The monoisotopic (exact) mass is 424 g/mol. The summed E-state index contributed by atoms with van der Waals surface area (Å²) < 4.78 is 8.04. The van der Waals surface area contributed by atoms with Gasteiger partial charge < -0.3 is 4.74 Å². The van der Waals surface area contributed by atoms with Gasteiger partial charge in [-0.2, -0.15) is 4.57 Å². The Labute approximate surface area is 189 Å². The largest absolute Gasteiger partial charge is 0.491 e. The van der Waals surface area contributed by atoms with Crippen LogP contribution < -0.4 is 9.30 Å². The Balaban J connectivity index is 1.83. The predicted molar refractivity (Wildman–Crippen MR) is 133 cm³/mol. The van der Waals surface area contributed by atoms with Crippen molar-refractivity contribution in [3.05, 3.63) is 83.9 Å². The van der Waals surface area contributed by atoms with Crippen LogP contribution in [0.4, 0.5) is 0 Å². The number of hydrogen-bond donors (Lipinski definition) is 0. The molecule has 0 radical (unpaired) electrons. The topological polar surface area (TPSA) is 38.4 Å². The molecular weight excluding hydrogens is 394 g/mol. The maximum Gasteiger partial charge on any atom is 0.235 e. The first-order valence-corrected chi connectivity index (χ1v) is 11.0. The molecule has 0 saturated heterocycles. The molecule has 0 bridgehead atoms. The van der Waals surface area contributed by atoms with Crippen molar-refractivity contribution in [2.45, 2.75) is 26.2 Å². The summed E-state index contributed by atoms with van der Waals surface area (Å²) in [5.41, 5.74) is 7.04. The summed E-state index contributed by atoms with van der Waals surface area (Å²) in [4.78, 5) is 9.67. The Morgan fingerprint density at radius 3 is 2.34 bits per heavy atom. The van der Waals surface area contributed by atoms with E-state index in [-0.39, 0.29) is 5.41 Å². The lowest BCUT2D eigenvalue weighted by molar-refractivity contribution is -0.618. The maximum atomic E-state index is 5.86. The minimum Gasteiger partial charge on any atom is -0.491 e. The number of allylic oxidation sites excluding steroid dienone is 1. The number of aryl methyl sites for hydroxylation is 1. The Morgan fingerprint density at radius 2 is 1.66 bits per heavy atom. The van der Waals surface area contributed by atoms with Gasteiger partial charge in [-0.15, -0.1) is 0 Å². The number of rotatable bonds is 6. The number of para-hydroxylation sites is 2. The van der Waals surface area contributed by atoms with Crippen LogP contribution in [0.5, 0.6) is 5.75 Å². The summed E-state index contributed by atoms with van der Waals surface area (Å²) in [5, 5.41) is 0. The van der Waals surface area contributed by atoms with Gasteiger partial charge >= 0.3 is 0 Å². The van der Waals surface area contributed by atoms with Gasteiger partial charge in [-0.3, -0.25) is 4.99 Å². The van der Waals surface area contributed by atoms with Crippen molar-refractivity contribution in [1.29, 1.82) is 0 Å². The lowest BCUT2D eigenvalue weighted by atomic mass is 9.79. The molecule has 1 heterocycles. The standard InChI is InChI=1S/C28H30N3O/c1-6-32-24-17-11-16-23-27(24)30-26-20(12-10-15-22(26)31(23)5)18-19-25(29-4)28(2,3)21-13-8-7-9-14-21/h7-19H,6H2,1-5H3/q+1/b19-18+,29-25+. The first-order chi connectivity index (χ1) is 15.5. The second kappa shape index (κ2) is 8.91. The molecule has 3 aromatic carbocycles. The molecule has 0 aliphatic heterocycles. The second-order valence-corrected chi connectivity index (χ2v) is 8.38. The smallest absolute Gasteiger partial charge is 0.235 e. The average Bonchev–Trinajstić information content (AvgIpc) is 2.81. The molecule has 32 heavy (non-hydrogen) atoms. The van der Waals surface area contributed by atoms with Crippen molar-refractivity contribution in [3.63, 3.8) is 0 Å². The van der Waals surface area contributed by atoms with Crippen molar-refractivity contribution < 1.29 is 9.30 Å². The molecule has 0 amide bonds. The fraction of sp³-hybridized carbons (Fsp3) is 0.250. The molecule has 0 aliphatic carbocycles. The van der Waals surface area contributed by atoms with Gasteiger partial charge in [-0.25, -0.2) is 4.98 Å². The molecule has 0 saturated carbocycles. The molecule has 1 aromatic heterocycles. The van der Waals surface area contributed by atoms with Crippen LogP contribution in [-0.4, -0.2) is 24.4 Å². The van der Waals surface area contributed by atoms with Gasteiger partial charge in [0.15, 0.2) is 11.3 Å². The zero-order valence-corrected chi connectivity index (χ0v) is 19.5. The first kappa shape index (κ1) is 21.7. The van der Waals surface area contributed by atoms with E-state index in [0.717, 1.165) is 39.1 Å². The molecule has 0 fully saturated rings. The Morgan fingerprint density at radius 1 is 0.969 bits per heavy atom. The van der Waals surface area contributed by atoms with Crippen molar-refractivity contribution in [2.75, 3.05) is 13.7 Å². The number of benzene rings is 3. The van der Waals surface area contributed by atoms with Crippen LogP contribution in [0.2, 0.25) is 0 Å². The first-order valence-electron chi connectivity index (χ1n) is 11.0. The van der Waals surface area contributed by atoms with Crippen molar-refractivity contribution in [2.24, 2.45) is 12.0 Å². The molecule has 0 aliphatic rings. The van der Waals surface area contributed by atoms with Crippen molar-refractivity contribution in [3.8, 4) is 5.75 Å². The van der Waals surface area contributed by atoms with E-state index in [9.17, 15) is 0 Å². The Kier molecular flexibility index (Phi) is 6.04. The van der Waals surface area contributed by atoms with E-state index in [1.165, 1.54) is 5.56 Å². The van der Waals surface area contributed by atoms with Crippen LogP contribution in [0.15, 0.2) is 77.8 Å². The van der Waals surface area contributed by atoms with Crippen molar-refractivity contribution in [1.82, 2.24) is 4.98 Å². The average molecular weight is 425 g/mol. The highest BCUT2D eigenvalue weighted by molar-refractivity contribution is 6.06. The van der Waals surface area contributed by atoms with Crippen LogP contribution in [0, 0.1) is 0 Å². The molecular formula is C28H30N3O+. The van der Waals surface area contributed by atoms with Crippen LogP contribution in [0.1, 0.15) is 31.9 Å². The van der Waals surface area contributed by atoms with E-state index < -0.39 is 0 Å². The molecule has 0 atom stereocenters. The van der Waals surface area contributed by atoms with Crippen LogP contribution in [0.25, 0.3) is 28.1 Å². The third-order valence-corrected chi connectivity index (χ3v) is 6.07. The Bertz CT molecular complexity index is 1320. The molecule has 4 rings (SSSR count). The number of fused-ring (bicyclic) bond motifs is 2. The fourth-order valence-corrected chi connectivity index (χ4v) is 4.22. The molecule has 4 heteroatoms. The normalized spacial score (nSPS) is 12.7. The SMILES string of the molecule is CCOc1cccc2c1nc1c(/C=C/C(=N\C)C(C)(C)c3ccccc3)cccc1[n+]2C. The molecule has 0 unspecified atom stereocenters. The Hall–Kier alpha value is -3.53. The lowest BCUT2D eigenvalue weighted by Crippen LogP contribution is -2.31. The molecule has 4 nitrogen and oxygen atoms in total. The summed E-state index contributed by atoms with van der Waals surface area (Å²) in [6.07, 6.45) is 4.24. The summed E-state index contributed by atoms with van der Waals surface area (Å²) in [6, 6.07) is 22.9. The summed E-state index contributed by atoms with van der Waals surface area (Å²) in [7, 11) is 3.93. The number of aromatic nitrogens is 2. The molecule has 0 N–H and O–H groups in total. The van der Waals surface area contributed by atoms with Gasteiger partial charge in [0.2, 0.25) is 11.0 Å². The maximum absolute atomic E-state index is 5.86. The third-order valence-electron chi connectivity index (χ3n) is 6.07. The second-order valence-electron chi connectivity index (χ2n) is 8.38. The summed E-state index contributed by atoms with van der Waals surface area (Å²) >= 11 is 0. The minimum atomic E-state index is -0.204. The molecule has 0 spiro atoms. The van der Waals surface area contributed by atoms with E-state index in [1.807, 2.05) is 32.2 Å². The number of nitrogens with zero attached hydrogens (tertiary/aromatic N) is 3. The van der Waals surface area contributed by atoms with E-state index in [4.69, 9.17) is 9.72 Å². The number of hydrogen-bond acceptors (Lipinski definition) is 3. The highest BCUT2D eigenvalue weighted by Gasteiger charge is 2.25. The quantitative estimate of drug-likeness (QED) is 0.227. The van der Waals surface area contributed by atoms with Gasteiger partial charge in [0.05, 0.1) is 6.61 Å². The highest BCUT2D eigenvalue weighted by atomic mass is 16.5. The third kappa shape index (κ3) is 3.89. The van der Waals surface area contributed by atoms with Gasteiger partial charge in [0.25, 0.3) is 0 Å². The van der Waals surface area contributed by atoms with E-state index in [2.05, 4.69) is 91.1 Å². The van der Waals surface area contributed by atoms with Gasteiger partial charge in [-0.1, -0.05) is 68.5 Å². The molecule has 162 valence electrons. The van der Waals surface area contributed by atoms with Crippen LogP contribution in [0.3, 0.4) is 0 Å². The van der Waals surface area contributed by atoms with Gasteiger partial charge in [0, 0.05) is 35.9 Å². The lowest BCUT2D eigenvalue weighted by Gasteiger charge is -2.25. The summed E-state index contributed by atoms with van der Waals surface area (Å²) in [6.45, 7) is 7.01. The summed E-state index contributed by atoms with van der Waals surface area (Å²) in [5.74, 6) is 0.808. The zero-order valence-electron chi connectivity index (χ0n) is 19.5. The van der Waals surface area contributed by atoms with E-state index in [0.29, 0.717) is 6.61 Å². The van der Waals surface area contributed by atoms with Gasteiger partial charge in [-0.05, 0) is 24.6 Å². The molecule has 4 aromatic rings. The van der Waals surface area contributed by atoms with Crippen LogP contribution in [-0.2, 0) is 12.5 Å². The minimum absolute atomic E-state index is 0.204. The van der Waals surface area contributed by atoms with Crippen LogP contribution >= 0.6 is 0 Å². The predicted octanol–water partition coefficient (Wildman–Crippen LogP) is 5.67.